The van der Waals surface area contributed by atoms with Crippen LogP contribution in [0, 0.1) is 0 Å². The van der Waals surface area contributed by atoms with E-state index in [4.69, 9.17) is 11.6 Å². The molecule has 0 saturated heterocycles. The van der Waals surface area contributed by atoms with Gasteiger partial charge in [-0.2, -0.15) is 0 Å². The molecule has 0 heterocycles. The van der Waals surface area contributed by atoms with E-state index in [9.17, 15) is 17.8 Å². The summed E-state index contributed by atoms with van der Waals surface area (Å²) in [7, 11) is -4.83. The van der Waals surface area contributed by atoms with Gasteiger partial charge in [0.1, 0.15) is 0 Å². The van der Waals surface area contributed by atoms with Crippen molar-refractivity contribution < 1.29 is 76.9 Å². The van der Waals surface area contributed by atoms with Crippen molar-refractivity contribution in [1.29, 1.82) is 0 Å². The predicted molar refractivity (Wildman–Crippen MR) is 63.4 cm³/mol. The SMILES string of the molecule is O=C(C[SH-]S(=O)(=O)[O-])Nc1ccc(Cl)cc1.[Na+].[Na+]. The van der Waals surface area contributed by atoms with Gasteiger partial charge in [0.05, 0.1) is 0 Å². The molecular formula is C8H8ClNNa2O4S2. The topological polar surface area (TPSA) is 86.3 Å². The van der Waals surface area contributed by atoms with E-state index in [0.717, 1.165) is 0 Å². The van der Waals surface area contributed by atoms with E-state index in [-0.39, 0.29) is 64.9 Å². The molecule has 0 unspecified atom stereocenters. The van der Waals surface area contributed by atoms with Gasteiger partial charge in [-0.25, -0.2) is 0 Å². The Bertz CT molecular complexity index is 480. The maximum atomic E-state index is 11.2. The fraction of sp³-hybridized carbons (Fsp3) is 0.125. The zero-order valence-corrected chi connectivity index (χ0v) is 16.3. The predicted octanol–water partition coefficient (Wildman–Crippen LogP) is -5.44. The average Bonchev–Trinajstić information content (AvgIpc) is 2.18. The summed E-state index contributed by atoms with van der Waals surface area (Å²) in [5.74, 6) is -0.919. The molecule has 0 aromatic heterocycles. The van der Waals surface area contributed by atoms with Crippen LogP contribution in [0.15, 0.2) is 24.3 Å². The minimum atomic E-state index is -4.38. The molecule has 18 heavy (non-hydrogen) atoms. The maximum Gasteiger partial charge on any atom is 1.00 e. The Morgan fingerprint density at radius 3 is 2.22 bits per heavy atom. The number of halogens is 1. The number of anilines is 1. The molecule has 1 aromatic rings. The molecule has 0 aliphatic rings. The fourth-order valence-corrected chi connectivity index (χ4v) is 2.18. The first-order valence-corrected chi connectivity index (χ1v) is 7.54. The largest absolute Gasteiger partial charge is 1.00 e. The third kappa shape index (κ3) is 10.1. The van der Waals surface area contributed by atoms with Crippen LogP contribution < -0.4 is 64.4 Å². The Morgan fingerprint density at radius 2 is 1.78 bits per heavy atom. The number of hydrogen-bond donors (Lipinski definition) is 1. The zero-order chi connectivity index (χ0) is 12.2. The van der Waals surface area contributed by atoms with Gasteiger partial charge in [-0.05, 0) is 24.3 Å². The molecular weight excluding hydrogens is 320 g/mol. The Kier molecular flexibility index (Phi) is 12.0. The van der Waals surface area contributed by atoms with Crippen molar-refractivity contribution in [2.75, 3.05) is 11.1 Å². The molecule has 0 saturated carbocycles. The van der Waals surface area contributed by atoms with Gasteiger partial charge in [-0.15, -0.1) is 0 Å². The van der Waals surface area contributed by atoms with Gasteiger partial charge >= 0.3 is 59.1 Å². The Morgan fingerprint density at radius 1 is 1.28 bits per heavy atom. The standard InChI is InChI=1S/C8H9ClNO4S2.2Na/c9-6-1-3-7(4-2-6)10-8(11)5-15-16(12,13)14;;/h1-4,15H,5H2,(H,10,11)(H,12,13,14);;/q-1;2*+1/p-1. The molecule has 1 rings (SSSR count). The summed E-state index contributed by atoms with van der Waals surface area (Å²) in [6.07, 6.45) is 0. The molecule has 0 atom stereocenters. The second-order valence-corrected chi connectivity index (χ2v) is 6.75. The van der Waals surface area contributed by atoms with E-state index >= 15 is 0 Å². The zero-order valence-electron chi connectivity index (χ0n) is 9.88. The number of carbonyl (C=O) groups excluding carboxylic acids is 1. The molecule has 5 nitrogen and oxygen atoms in total. The number of nitrogens with one attached hydrogen (secondary N) is 1. The third-order valence-electron chi connectivity index (χ3n) is 1.49. The molecule has 0 aliphatic carbocycles. The third-order valence-corrected chi connectivity index (χ3v) is 3.81. The van der Waals surface area contributed by atoms with Gasteiger partial charge in [0, 0.05) is 19.9 Å². The van der Waals surface area contributed by atoms with Gasteiger partial charge in [-0.1, -0.05) is 17.4 Å². The van der Waals surface area contributed by atoms with Crippen LogP contribution in [-0.4, -0.2) is 24.6 Å². The number of hydrogen-bond acceptors (Lipinski definition) is 5. The van der Waals surface area contributed by atoms with E-state index in [1.54, 1.807) is 24.3 Å². The summed E-state index contributed by atoms with van der Waals surface area (Å²) in [5, 5.41) is 2.96. The van der Waals surface area contributed by atoms with Crippen molar-refractivity contribution in [3.8, 4) is 0 Å². The van der Waals surface area contributed by atoms with Crippen molar-refractivity contribution in [1.82, 2.24) is 0 Å². The number of carbonyl (C=O) groups is 1. The van der Waals surface area contributed by atoms with E-state index in [1.807, 2.05) is 0 Å². The normalized spacial score (nSPS) is 10.1. The number of thiol groups is 1. The monoisotopic (exact) mass is 327 g/mol. The van der Waals surface area contributed by atoms with Gasteiger partial charge in [0.15, 0.2) is 0 Å². The average molecular weight is 328 g/mol. The van der Waals surface area contributed by atoms with Crippen LogP contribution in [0.5, 0.6) is 0 Å². The van der Waals surface area contributed by atoms with E-state index < -0.39 is 25.9 Å². The quantitative estimate of drug-likeness (QED) is 0.197. The van der Waals surface area contributed by atoms with Gasteiger partial charge in [0.2, 0.25) is 5.91 Å². The summed E-state index contributed by atoms with van der Waals surface area (Å²) in [4.78, 5) is 11.2. The number of rotatable bonds is 4. The van der Waals surface area contributed by atoms with Crippen molar-refractivity contribution in [2.24, 2.45) is 0 Å². The first-order chi connectivity index (χ1) is 7.37. The number of amides is 1. The smallest absolute Gasteiger partial charge is 0.766 e. The van der Waals surface area contributed by atoms with Crippen LogP contribution >= 0.6 is 11.6 Å². The molecule has 10 heteroatoms. The van der Waals surface area contributed by atoms with Crippen molar-refractivity contribution in [3.05, 3.63) is 29.3 Å². The summed E-state index contributed by atoms with van der Waals surface area (Å²) in [6.45, 7) is 0. The van der Waals surface area contributed by atoms with Crippen LogP contribution in [-0.2, 0) is 24.7 Å². The van der Waals surface area contributed by atoms with Crippen LogP contribution in [0.25, 0.3) is 0 Å². The van der Waals surface area contributed by atoms with E-state index in [1.165, 1.54) is 0 Å². The first-order valence-electron chi connectivity index (χ1n) is 4.07. The molecule has 0 spiro atoms. The number of benzene rings is 1. The molecule has 0 bridgehead atoms. The summed E-state index contributed by atoms with van der Waals surface area (Å²) in [6, 6.07) is 6.31. The Hall–Kier alpha value is 1.24. The first kappa shape index (κ1) is 21.5. The molecule has 90 valence electrons. The van der Waals surface area contributed by atoms with Crippen molar-refractivity contribution in [3.63, 3.8) is 0 Å². The van der Waals surface area contributed by atoms with Crippen molar-refractivity contribution >= 4 is 43.1 Å². The molecule has 1 aromatic carbocycles. The van der Waals surface area contributed by atoms with E-state index in [0.29, 0.717) is 10.7 Å². The second kappa shape index (κ2) is 10.0. The van der Waals surface area contributed by atoms with Crippen molar-refractivity contribution in [2.45, 2.75) is 0 Å². The summed E-state index contributed by atoms with van der Waals surface area (Å²) < 4.78 is 30.8. The van der Waals surface area contributed by atoms with E-state index in [2.05, 4.69) is 5.32 Å². The van der Waals surface area contributed by atoms with Gasteiger partial charge in [0.25, 0.3) is 0 Å². The second-order valence-electron chi connectivity index (χ2n) is 2.77. The van der Waals surface area contributed by atoms with Crippen LogP contribution in [0.4, 0.5) is 5.69 Å². The summed E-state index contributed by atoms with van der Waals surface area (Å²) in [5.41, 5.74) is 0.493. The minimum Gasteiger partial charge on any atom is -0.766 e. The maximum absolute atomic E-state index is 11.2. The minimum absolute atomic E-state index is 0. The molecule has 0 fully saturated rings. The molecule has 1 N–H and O–H groups in total. The molecule has 1 amide bonds. The molecule has 0 radical (unpaired) electrons. The van der Waals surface area contributed by atoms with Crippen LogP contribution in [0.2, 0.25) is 5.02 Å². The van der Waals surface area contributed by atoms with Gasteiger partial charge < -0.3 is 20.7 Å². The Balaban J connectivity index is 0. The van der Waals surface area contributed by atoms with Crippen LogP contribution in [0.3, 0.4) is 0 Å². The van der Waals surface area contributed by atoms with Gasteiger partial charge in [-0.3, -0.25) is 13.2 Å². The van der Waals surface area contributed by atoms with Crippen LogP contribution in [0.1, 0.15) is 0 Å². The Labute approximate surface area is 158 Å². The summed E-state index contributed by atoms with van der Waals surface area (Å²) >= 11 is 5.63. The molecule has 0 aliphatic heterocycles. The fourth-order valence-electron chi connectivity index (χ4n) is 0.871.